The third-order valence-electron chi connectivity index (χ3n) is 1.50. The molecular formula is C9H8N2O2. The topological polar surface area (TPSA) is 48.2 Å². The van der Waals surface area contributed by atoms with Gasteiger partial charge in [-0.15, -0.1) is 0 Å². The van der Waals surface area contributed by atoms with Crippen LogP contribution in [-0.4, -0.2) is 9.97 Å². The van der Waals surface area contributed by atoms with Crippen LogP contribution in [0, 0.1) is 0 Å². The summed E-state index contributed by atoms with van der Waals surface area (Å²) in [6.45, 7) is 0.381. The van der Waals surface area contributed by atoms with Crippen molar-refractivity contribution in [1.29, 1.82) is 0 Å². The maximum Gasteiger partial charge on any atom is 0.181 e. The molecular weight excluding hydrogens is 168 g/mol. The number of hydrogen-bond acceptors (Lipinski definition) is 4. The first kappa shape index (κ1) is 7.79. The van der Waals surface area contributed by atoms with Crippen LogP contribution in [0.3, 0.4) is 0 Å². The molecule has 0 bridgehead atoms. The lowest BCUT2D eigenvalue weighted by atomic mass is 10.4. The molecule has 0 amide bonds. The Morgan fingerprint density at radius 2 is 2.31 bits per heavy atom. The average Bonchev–Trinajstić information content (AvgIpc) is 2.69. The first-order chi connectivity index (χ1) is 6.45. The first-order valence-corrected chi connectivity index (χ1v) is 3.85. The monoisotopic (exact) mass is 176 g/mol. The van der Waals surface area contributed by atoms with Crippen molar-refractivity contribution in [1.82, 2.24) is 9.97 Å². The number of oxazole rings is 1. The molecule has 0 saturated heterocycles. The highest BCUT2D eigenvalue weighted by molar-refractivity contribution is 5.15. The standard InChI is InChI=1S/C9H8N2O2/c1-2-8(4-10-3-1)12-6-9-5-11-7-13-9/h1-5,7H,6H2. The van der Waals surface area contributed by atoms with Crippen LogP contribution in [0.25, 0.3) is 0 Å². The lowest BCUT2D eigenvalue weighted by molar-refractivity contribution is 0.269. The van der Waals surface area contributed by atoms with Crippen molar-refractivity contribution >= 4 is 0 Å². The van der Waals surface area contributed by atoms with Crippen molar-refractivity contribution in [2.75, 3.05) is 0 Å². The van der Waals surface area contributed by atoms with Crippen LogP contribution >= 0.6 is 0 Å². The van der Waals surface area contributed by atoms with Gasteiger partial charge in [-0.05, 0) is 12.1 Å². The van der Waals surface area contributed by atoms with E-state index in [4.69, 9.17) is 9.15 Å². The number of pyridine rings is 1. The third-order valence-corrected chi connectivity index (χ3v) is 1.50. The largest absolute Gasteiger partial charge is 0.484 e. The van der Waals surface area contributed by atoms with Crippen molar-refractivity contribution in [2.45, 2.75) is 6.61 Å². The molecule has 13 heavy (non-hydrogen) atoms. The molecule has 2 aromatic heterocycles. The van der Waals surface area contributed by atoms with E-state index in [1.165, 1.54) is 6.39 Å². The summed E-state index contributed by atoms with van der Waals surface area (Å²) >= 11 is 0. The third kappa shape index (κ3) is 2.05. The molecule has 0 atom stereocenters. The van der Waals surface area contributed by atoms with Crippen LogP contribution in [0.1, 0.15) is 5.76 Å². The molecule has 4 heteroatoms. The minimum Gasteiger partial charge on any atom is -0.484 e. The van der Waals surface area contributed by atoms with E-state index in [0.717, 1.165) is 5.75 Å². The van der Waals surface area contributed by atoms with E-state index in [1.54, 1.807) is 18.6 Å². The molecule has 0 aliphatic rings. The maximum absolute atomic E-state index is 5.35. The van der Waals surface area contributed by atoms with Gasteiger partial charge in [0, 0.05) is 6.20 Å². The molecule has 0 radical (unpaired) electrons. The minimum atomic E-state index is 0.381. The summed E-state index contributed by atoms with van der Waals surface area (Å²) in [6.07, 6.45) is 6.34. The van der Waals surface area contributed by atoms with Gasteiger partial charge in [0.1, 0.15) is 12.4 Å². The van der Waals surface area contributed by atoms with Crippen molar-refractivity contribution in [3.8, 4) is 5.75 Å². The highest BCUT2D eigenvalue weighted by Gasteiger charge is 1.97. The van der Waals surface area contributed by atoms with Crippen LogP contribution in [-0.2, 0) is 6.61 Å². The molecule has 66 valence electrons. The second-order valence-corrected chi connectivity index (χ2v) is 2.45. The normalized spacial score (nSPS) is 9.85. The SMILES string of the molecule is c1cncc(OCc2cnco2)c1. The van der Waals surface area contributed by atoms with Crippen molar-refractivity contribution in [2.24, 2.45) is 0 Å². The number of ether oxygens (including phenoxy) is 1. The van der Waals surface area contributed by atoms with Crippen molar-refractivity contribution in [3.05, 3.63) is 42.9 Å². The lowest BCUT2D eigenvalue weighted by Gasteiger charge is -2.01. The summed E-state index contributed by atoms with van der Waals surface area (Å²) in [5.74, 6) is 1.42. The Labute approximate surface area is 75.2 Å². The number of rotatable bonds is 3. The molecule has 0 saturated carbocycles. The van der Waals surface area contributed by atoms with E-state index in [9.17, 15) is 0 Å². The van der Waals surface area contributed by atoms with Crippen molar-refractivity contribution in [3.63, 3.8) is 0 Å². The maximum atomic E-state index is 5.35. The summed E-state index contributed by atoms with van der Waals surface area (Å²) in [6, 6.07) is 3.65. The summed E-state index contributed by atoms with van der Waals surface area (Å²) in [5.41, 5.74) is 0. The molecule has 0 aliphatic carbocycles. The first-order valence-electron chi connectivity index (χ1n) is 3.85. The van der Waals surface area contributed by atoms with E-state index < -0.39 is 0 Å². The van der Waals surface area contributed by atoms with E-state index in [2.05, 4.69) is 9.97 Å². The summed E-state index contributed by atoms with van der Waals surface area (Å²) in [5, 5.41) is 0. The quantitative estimate of drug-likeness (QED) is 0.713. The Balaban J connectivity index is 1.94. The van der Waals surface area contributed by atoms with Gasteiger partial charge in [-0.1, -0.05) is 0 Å². The zero-order valence-electron chi connectivity index (χ0n) is 6.88. The Hall–Kier alpha value is -1.84. The summed E-state index contributed by atoms with van der Waals surface area (Å²) in [7, 11) is 0. The Morgan fingerprint density at radius 3 is 3.00 bits per heavy atom. The predicted molar refractivity (Wildman–Crippen MR) is 45.1 cm³/mol. The molecule has 0 aliphatic heterocycles. The molecule has 2 aromatic rings. The van der Waals surface area contributed by atoms with Crippen LogP contribution in [0.2, 0.25) is 0 Å². The Kier molecular flexibility index (Phi) is 2.22. The molecule has 0 fully saturated rings. The Morgan fingerprint density at radius 1 is 1.31 bits per heavy atom. The van der Waals surface area contributed by atoms with E-state index in [0.29, 0.717) is 12.4 Å². The predicted octanol–water partition coefficient (Wildman–Crippen LogP) is 1.65. The van der Waals surface area contributed by atoms with Gasteiger partial charge >= 0.3 is 0 Å². The van der Waals surface area contributed by atoms with Crippen molar-refractivity contribution < 1.29 is 9.15 Å². The van der Waals surface area contributed by atoms with Crippen LogP contribution in [0.4, 0.5) is 0 Å². The number of nitrogens with zero attached hydrogens (tertiary/aromatic N) is 2. The highest BCUT2D eigenvalue weighted by atomic mass is 16.5. The van der Waals surface area contributed by atoms with E-state index in [1.807, 2.05) is 12.1 Å². The van der Waals surface area contributed by atoms with Gasteiger partial charge in [0.2, 0.25) is 0 Å². The zero-order valence-corrected chi connectivity index (χ0v) is 6.88. The number of hydrogen-bond donors (Lipinski definition) is 0. The van der Waals surface area contributed by atoms with Crippen LogP contribution in [0.5, 0.6) is 5.75 Å². The summed E-state index contributed by atoms with van der Waals surface area (Å²) in [4.78, 5) is 7.69. The molecule has 4 nitrogen and oxygen atoms in total. The van der Waals surface area contributed by atoms with Crippen LogP contribution < -0.4 is 4.74 Å². The van der Waals surface area contributed by atoms with Gasteiger partial charge in [0.15, 0.2) is 12.2 Å². The lowest BCUT2D eigenvalue weighted by Crippen LogP contribution is -1.93. The molecule has 0 unspecified atom stereocenters. The van der Waals surface area contributed by atoms with Gasteiger partial charge in [-0.3, -0.25) is 4.98 Å². The Bertz CT molecular complexity index is 345. The fourth-order valence-corrected chi connectivity index (χ4v) is 0.900. The van der Waals surface area contributed by atoms with Gasteiger partial charge < -0.3 is 9.15 Å². The molecule has 0 N–H and O–H groups in total. The second kappa shape index (κ2) is 3.71. The molecule has 2 rings (SSSR count). The van der Waals surface area contributed by atoms with Gasteiger partial charge in [-0.25, -0.2) is 4.98 Å². The zero-order chi connectivity index (χ0) is 8.93. The molecule has 0 spiro atoms. The van der Waals surface area contributed by atoms with Crippen LogP contribution in [0.15, 0.2) is 41.5 Å². The van der Waals surface area contributed by atoms with E-state index in [-0.39, 0.29) is 0 Å². The summed E-state index contributed by atoms with van der Waals surface area (Å²) < 4.78 is 10.4. The highest BCUT2D eigenvalue weighted by Crippen LogP contribution is 2.09. The second-order valence-electron chi connectivity index (χ2n) is 2.45. The molecule has 2 heterocycles. The fraction of sp³-hybridized carbons (Fsp3) is 0.111. The molecule has 0 aromatic carbocycles. The van der Waals surface area contributed by atoms with Gasteiger partial charge in [0.25, 0.3) is 0 Å². The smallest absolute Gasteiger partial charge is 0.181 e. The van der Waals surface area contributed by atoms with Gasteiger partial charge in [-0.2, -0.15) is 0 Å². The van der Waals surface area contributed by atoms with Gasteiger partial charge in [0.05, 0.1) is 12.4 Å². The minimum absolute atomic E-state index is 0.381. The van der Waals surface area contributed by atoms with E-state index >= 15 is 0 Å². The average molecular weight is 176 g/mol. The fourth-order valence-electron chi connectivity index (χ4n) is 0.900. The number of aromatic nitrogens is 2.